The Balaban J connectivity index is 1.10. The quantitative estimate of drug-likeness (QED) is 0.0749. The van der Waals surface area contributed by atoms with E-state index in [0.717, 1.165) is 32.1 Å². The summed E-state index contributed by atoms with van der Waals surface area (Å²) in [6.07, 6.45) is 22.4. The van der Waals surface area contributed by atoms with Crippen molar-refractivity contribution in [2.45, 2.75) is 110 Å². The highest BCUT2D eigenvalue weighted by Gasteiger charge is 2.48. The van der Waals surface area contributed by atoms with Crippen LogP contribution in [-0.2, 0) is 11.8 Å². The second kappa shape index (κ2) is 23.6. The Kier molecular flexibility index (Phi) is 14.9. The van der Waals surface area contributed by atoms with Crippen LogP contribution >= 0.6 is 0 Å². The summed E-state index contributed by atoms with van der Waals surface area (Å²) in [5.41, 5.74) is 29.3. The molecule has 0 radical (unpaired) electrons. The van der Waals surface area contributed by atoms with Gasteiger partial charge >= 0.3 is 0 Å². The average molecular weight is 1150 g/mol. The van der Waals surface area contributed by atoms with Gasteiger partial charge in [0.15, 0.2) is 0 Å². The fourth-order valence-corrected chi connectivity index (χ4v) is 15.3. The predicted molar refractivity (Wildman–Crippen MR) is 382 cm³/mol. The average Bonchev–Trinajstić information content (AvgIpc) is 1.02. The fourth-order valence-electron chi connectivity index (χ4n) is 15.3. The van der Waals surface area contributed by atoms with Crippen LogP contribution in [0.5, 0.6) is 0 Å². The molecule has 2 atom stereocenters. The van der Waals surface area contributed by atoms with Crippen molar-refractivity contribution in [3.05, 3.63) is 294 Å². The predicted octanol–water partition coefficient (Wildman–Crippen LogP) is 21.1. The van der Waals surface area contributed by atoms with Crippen molar-refractivity contribution in [2.24, 2.45) is 0 Å². The molecule has 2 aliphatic carbocycles. The van der Waals surface area contributed by atoms with Gasteiger partial charge in [-0.15, -0.1) is 0 Å². The van der Waals surface area contributed by atoms with E-state index in [1.54, 1.807) is 0 Å². The summed E-state index contributed by atoms with van der Waals surface area (Å²) in [7, 11) is 0. The summed E-state index contributed by atoms with van der Waals surface area (Å²) in [4.78, 5) is 5.65. The first-order valence-electron chi connectivity index (χ1n) is 32.9. The standard InChI is InChI=1S/C85H78BN3/c1-6-8-9-10-16-31-59-52-80-82-81(53-59)89(83-70(61-34-19-12-20-35-61)50-58(7-2)51-71(83)62-36-21-13-22-37-62)79-57-67(87-76-44-29-27-42-68(76)69-43-28-30-45-77(69)87)47-48-74(79)86(82)75-54-65(60-32-17-11-18-33-60)46-49-78(75)88(80)84-72(63-38-23-14-24-39-63)55-66(85(3,4)5)56-73(84)64-40-25-15-26-41-64/h11-15,17-21,23-30,32-36,38-57,70,83H,6-10,16,22,31,37H2,1-5H3. The Morgan fingerprint density at radius 3 is 1.78 bits per heavy atom. The van der Waals surface area contributed by atoms with E-state index in [-0.39, 0.29) is 24.1 Å². The van der Waals surface area contributed by atoms with Gasteiger partial charge in [-0.25, -0.2) is 0 Å². The molecule has 89 heavy (non-hydrogen) atoms. The minimum absolute atomic E-state index is 0.0311. The molecular formula is C85H78BN3. The topological polar surface area (TPSA) is 11.4 Å². The molecule has 436 valence electrons. The molecule has 4 heteroatoms. The smallest absolute Gasteiger partial charge is 0.252 e. The first kappa shape index (κ1) is 56.2. The molecule has 0 saturated carbocycles. The highest BCUT2D eigenvalue weighted by atomic mass is 15.2. The molecule has 10 aromatic carbocycles. The van der Waals surface area contributed by atoms with E-state index in [2.05, 4.69) is 310 Å². The number of benzene rings is 10. The summed E-state index contributed by atoms with van der Waals surface area (Å²) in [6, 6.07) is 88.4. The zero-order valence-corrected chi connectivity index (χ0v) is 52.3. The lowest BCUT2D eigenvalue weighted by molar-refractivity contribution is 0.591. The van der Waals surface area contributed by atoms with Crippen LogP contribution < -0.4 is 26.2 Å². The SMILES string of the molecule is CCCCCCCc1cc2c3c(c1)N(C1C(C4=CC=CCC4)=CC(CC)=CC1c1ccccc1)c1cc(-n4c5ccccc5c5ccccc54)ccc1B3c1cc(-c3ccccc3)ccc1N2c1c(-c2ccccc2)cc(C(C)(C)C)cc1-c1ccccc1. The molecule has 0 bridgehead atoms. The number of anilines is 5. The third-order valence-electron chi connectivity index (χ3n) is 19.7. The van der Waals surface area contributed by atoms with Crippen molar-refractivity contribution < 1.29 is 0 Å². The number of aryl methyl sites for hydroxylation is 1. The molecule has 0 amide bonds. The summed E-state index contributed by atoms with van der Waals surface area (Å²) < 4.78 is 2.54. The van der Waals surface area contributed by atoms with Crippen LogP contribution in [0.2, 0.25) is 0 Å². The summed E-state index contributed by atoms with van der Waals surface area (Å²) in [5, 5.41) is 2.53. The van der Waals surface area contributed by atoms with Crippen molar-refractivity contribution in [1.29, 1.82) is 0 Å². The van der Waals surface area contributed by atoms with Gasteiger partial charge in [-0.3, -0.25) is 0 Å². The number of hydrogen-bond donors (Lipinski definition) is 0. The number of para-hydroxylation sites is 2. The molecule has 1 aromatic heterocycles. The molecule has 0 fully saturated rings. The van der Waals surface area contributed by atoms with Crippen molar-refractivity contribution in [3.63, 3.8) is 0 Å². The van der Waals surface area contributed by atoms with Gasteiger partial charge in [-0.2, -0.15) is 0 Å². The van der Waals surface area contributed by atoms with Gasteiger partial charge in [0.25, 0.3) is 6.71 Å². The normalized spacial score (nSPS) is 16.0. The number of unbranched alkanes of at least 4 members (excludes halogenated alkanes) is 4. The zero-order valence-electron chi connectivity index (χ0n) is 52.3. The molecule has 2 aliphatic heterocycles. The van der Waals surface area contributed by atoms with Crippen LogP contribution in [-0.4, -0.2) is 17.3 Å². The Bertz CT molecular complexity index is 4480. The highest BCUT2D eigenvalue weighted by Crippen LogP contribution is 2.53. The van der Waals surface area contributed by atoms with Crippen LogP contribution in [0.3, 0.4) is 0 Å². The van der Waals surface area contributed by atoms with Gasteiger partial charge in [0.05, 0.1) is 22.8 Å². The van der Waals surface area contributed by atoms with Crippen LogP contribution in [0.1, 0.15) is 109 Å². The van der Waals surface area contributed by atoms with E-state index >= 15 is 0 Å². The first-order valence-corrected chi connectivity index (χ1v) is 32.9. The zero-order chi connectivity index (χ0) is 60.2. The van der Waals surface area contributed by atoms with Gasteiger partial charge < -0.3 is 14.4 Å². The maximum Gasteiger partial charge on any atom is 0.252 e. The third kappa shape index (κ3) is 10.1. The minimum Gasteiger partial charge on any atom is -0.334 e. The van der Waals surface area contributed by atoms with E-state index in [1.807, 2.05) is 0 Å². The number of aromatic nitrogens is 1. The van der Waals surface area contributed by atoms with Gasteiger partial charge in [0.1, 0.15) is 0 Å². The molecule has 11 aromatic rings. The van der Waals surface area contributed by atoms with Crippen LogP contribution in [0.15, 0.2) is 278 Å². The maximum atomic E-state index is 2.90. The lowest BCUT2D eigenvalue weighted by Gasteiger charge is -2.50. The molecule has 0 spiro atoms. The Hall–Kier alpha value is -9.38. The fraction of sp³-hybridized carbons (Fsp3) is 0.200. The number of allylic oxidation sites excluding steroid dienone is 5. The summed E-state index contributed by atoms with van der Waals surface area (Å²) in [5.74, 6) is 0.0311. The highest BCUT2D eigenvalue weighted by molar-refractivity contribution is 7.00. The minimum atomic E-state index is -0.129. The van der Waals surface area contributed by atoms with E-state index in [1.165, 1.54) is 165 Å². The van der Waals surface area contributed by atoms with Crippen molar-refractivity contribution in [2.75, 3.05) is 9.80 Å². The number of nitrogens with zero attached hydrogens (tertiary/aromatic N) is 3. The Labute approximate surface area is 527 Å². The Morgan fingerprint density at radius 2 is 1.15 bits per heavy atom. The lowest BCUT2D eigenvalue weighted by atomic mass is 9.33. The molecule has 3 nitrogen and oxygen atoms in total. The molecule has 4 aliphatic rings. The van der Waals surface area contributed by atoms with Crippen LogP contribution in [0.25, 0.3) is 60.9 Å². The van der Waals surface area contributed by atoms with E-state index in [9.17, 15) is 0 Å². The number of fused-ring (bicyclic) bond motifs is 7. The van der Waals surface area contributed by atoms with Gasteiger partial charge in [0, 0.05) is 56.3 Å². The van der Waals surface area contributed by atoms with E-state index < -0.39 is 0 Å². The van der Waals surface area contributed by atoms with Gasteiger partial charge in [-0.05, 0) is 159 Å². The van der Waals surface area contributed by atoms with Gasteiger partial charge in [0.2, 0.25) is 0 Å². The maximum absolute atomic E-state index is 2.90. The second-order valence-electron chi connectivity index (χ2n) is 26.2. The summed E-state index contributed by atoms with van der Waals surface area (Å²) >= 11 is 0. The van der Waals surface area contributed by atoms with Crippen LogP contribution in [0.4, 0.5) is 28.4 Å². The van der Waals surface area contributed by atoms with Gasteiger partial charge in [-0.1, -0.05) is 272 Å². The van der Waals surface area contributed by atoms with Crippen LogP contribution in [0, 0.1) is 0 Å². The van der Waals surface area contributed by atoms with E-state index in [0.29, 0.717) is 0 Å². The Morgan fingerprint density at radius 1 is 0.528 bits per heavy atom. The molecule has 0 N–H and O–H groups in total. The van der Waals surface area contributed by atoms with Crippen molar-refractivity contribution >= 4 is 73.3 Å². The number of hydrogen-bond acceptors (Lipinski definition) is 2. The van der Waals surface area contributed by atoms with Crippen molar-refractivity contribution in [3.8, 4) is 39.1 Å². The molecular weight excluding hydrogens is 1070 g/mol. The van der Waals surface area contributed by atoms with Crippen molar-refractivity contribution in [1.82, 2.24) is 4.57 Å². The third-order valence-corrected chi connectivity index (χ3v) is 19.7. The molecule has 3 heterocycles. The largest absolute Gasteiger partial charge is 0.334 e. The lowest BCUT2D eigenvalue weighted by Crippen LogP contribution is -2.63. The van der Waals surface area contributed by atoms with E-state index in [4.69, 9.17) is 0 Å². The second-order valence-corrected chi connectivity index (χ2v) is 26.2. The monoisotopic (exact) mass is 1150 g/mol. The molecule has 2 unspecified atom stereocenters. The number of rotatable bonds is 15. The first-order chi connectivity index (χ1) is 43.7. The summed E-state index contributed by atoms with van der Waals surface area (Å²) in [6.45, 7) is 11.7. The molecule has 15 rings (SSSR count). The molecule has 0 saturated heterocycles.